The number of nitrogens with one attached hydrogen (secondary N) is 4. The summed E-state index contributed by atoms with van der Waals surface area (Å²) in [4.78, 5) is 59.1. The van der Waals surface area contributed by atoms with Gasteiger partial charge in [0.2, 0.25) is 17.7 Å². The molecule has 6 atom stereocenters. The standard InChI is InChI=1S/C46H61N7O8S/c1-52-38-11-10-33(32-6-5-7-34(27-32)58-2)28-36(38)45-35(14-19-53(45)43(56)26-31-12-16-47-17-13-31)39(52)29-49-42(55)15-20-59-22-24-61-25-23-60-21-18-48-41(54)9-4-3-8-40-44-37(30-62-40)50-46(57)51-44/h5-7,10-13,16-17,27-28,35,37,39-40,44-45H,3-4,8-9,14-15,18-26,29-30H2,1-2H3,(H,48,54)(H,49,55)(H2,50,51,57)/t35-,37+,39+,40+,44+,45-/m1/s1. The van der Waals surface area contributed by atoms with Crippen LogP contribution >= 0.6 is 11.8 Å². The normalized spacial score (nSPS) is 22.3. The fourth-order valence-electron chi connectivity index (χ4n) is 9.16. The van der Waals surface area contributed by atoms with Crippen molar-refractivity contribution in [2.24, 2.45) is 5.92 Å². The molecule has 62 heavy (non-hydrogen) atoms. The van der Waals surface area contributed by atoms with Gasteiger partial charge in [0.15, 0.2) is 0 Å². The molecule has 2 aromatic carbocycles. The molecule has 15 nitrogen and oxygen atoms in total. The minimum atomic E-state index is -0.129. The van der Waals surface area contributed by atoms with Crippen LogP contribution in [0, 0.1) is 5.92 Å². The summed E-state index contributed by atoms with van der Waals surface area (Å²) in [5.41, 5.74) is 5.20. The number of thioether (sulfide) groups is 1. The Morgan fingerprint density at radius 3 is 2.44 bits per heavy atom. The first-order chi connectivity index (χ1) is 30.3. The second-order valence-corrected chi connectivity index (χ2v) is 17.6. The zero-order valence-corrected chi connectivity index (χ0v) is 36.7. The molecule has 334 valence electrons. The number of aromatic nitrogens is 1. The van der Waals surface area contributed by atoms with E-state index in [4.69, 9.17) is 18.9 Å². The molecule has 0 aliphatic carbocycles. The fourth-order valence-corrected chi connectivity index (χ4v) is 10.7. The molecule has 0 saturated carbocycles. The number of hydrogen-bond donors (Lipinski definition) is 4. The molecule has 4 aliphatic rings. The lowest BCUT2D eigenvalue weighted by molar-refractivity contribution is -0.132. The lowest BCUT2D eigenvalue weighted by Gasteiger charge is -2.45. The summed E-state index contributed by atoms with van der Waals surface area (Å²) in [5.74, 6) is 1.88. The van der Waals surface area contributed by atoms with E-state index in [1.807, 2.05) is 47.0 Å². The number of hydrogen-bond acceptors (Lipinski definition) is 11. The van der Waals surface area contributed by atoms with Crippen molar-refractivity contribution >= 4 is 41.2 Å². The molecule has 5 heterocycles. The molecule has 0 unspecified atom stereocenters. The van der Waals surface area contributed by atoms with Crippen LogP contribution in [-0.2, 0) is 35.0 Å². The Hall–Kier alpha value is -4.90. The number of fused-ring (bicyclic) bond motifs is 4. The summed E-state index contributed by atoms with van der Waals surface area (Å²) in [6.45, 7) is 3.80. The molecular weight excluding hydrogens is 811 g/mol. The predicted molar refractivity (Wildman–Crippen MR) is 238 cm³/mol. The third-order valence-electron chi connectivity index (χ3n) is 12.4. The van der Waals surface area contributed by atoms with Crippen LogP contribution in [0.2, 0.25) is 0 Å². The Morgan fingerprint density at radius 1 is 0.871 bits per heavy atom. The Bertz CT molecular complexity index is 1980. The lowest BCUT2D eigenvalue weighted by Crippen LogP contribution is -2.52. The van der Waals surface area contributed by atoms with Crippen molar-refractivity contribution in [3.63, 3.8) is 0 Å². The van der Waals surface area contributed by atoms with Crippen LogP contribution in [0.1, 0.15) is 55.7 Å². The molecule has 3 fully saturated rings. The van der Waals surface area contributed by atoms with Gasteiger partial charge in [0, 0.05) is 74.5 Å². The van der Waals surface area contributed by atoms with Crippen molar-refractivity contribution in [3.8, 4) is 16.9 Å². The minimum absolute atomic E-state index is 0.00670. The topological polar surface area (TPSA) is 173 Å². The number of methoxy groups -OCH3 is 1. The number of carbonyl (C=O) groups is 4. The van der Waals surface area contributed by atoms with Gasteiger partial charge >= 0.3 is 6.03 Å². The Kier molecular flexibility index (Phi) is 16.3. The maximum absolute atomic E-state index is 13.9. The average Bonchev–Trinajstić information content (AvgIpc) is 4.00. The maximum Gasteiger partial charge on any atom is 0.315 e. The van der Waals surface area contributed by atoms with Crippen LogP contribution in [0.3, 0.4) is 0 Å². The SMILES string of the molecule is COc1cccc(-c2ccc3c(c2)[C@H]2[C@H](CCN2C(=O)Cc2ccncc2)[C@H](CNC(=O)CCOCCOCCOCCNC(=O)CCCC[C@@H]2SC[C@@H]4NC(=O)N[C@@H]42)N3C)c1. The van der Waals surface area contributed by atoms with Crippen LogP contribution < -0.4 is 30.9 Å². The van der Waals surface area contributed by atoms with E-state index in [0.717, 1.165) is 65.1 Å². The van der Waals surface area contributed by atoms with Crippen LogP contribution in [0.5, 0.6) is 5.75 Å². The zero-order valence-electron chi connectivity index (χ0n) is 35.9. The Labute approximate surface area is 368 Å². The molecule has 1 aromatic heterocycles. The van der Waals surface area contributed by atoms with E-state index in [1.165, 1.54) is 0 Å². The molecule has 4 aliphatic heterocycles. The highest BCUT2D eigenvalue weighted by molar-refractivity contribution is 8.00. The average molecular weight is 872 g/mol. The number of rotatable bonds is 23. The lowest BCUT2D eigenvalue weighted by atomic mass is 9.80. The highest BCUT2D eigenvalue weighted by atomic mass is 32.2. The fraction of sp³-hybridized carbons (Fsp3) is 0.543. The molecule has 0 spiro atoms. The van der Waals surface area contributed by atoms with E-state index >= 15 is 0 Å². The quantitative estimate of drug-likeness (QED) is 0.0799. The number of carbonyl (C=O) groups excluding carboxylic acids is 4. The molecule has 16 heteroatoms. The number of nitrogens with zero attached hydrogens (tertiary/aromatic N) is 3. The first kappa shape index (κ1) is 45.1. The largest absolute Gasteiger partial charge is 0.497 e. The van der Waals surface area contributed by atoms with Gasteiger partial charge in [-0.2, -0.15) is 11.8 Å². The number of amides is 5. The third kappa shape index (κ3) is 11.8. The summed E-state index contributed by atoms with van der Waals surface area (Å²) in [6, 6.07) is 18.5. The number of pyridine rings is 1. The number of likely N-dealkylation sites (N-methyl/N-ethyl adjacent to an activating group) is 1. The van der Waals surface area contributed by atoms with Gasteiger partial charge in [-0.15, -0.1) is 0 Å². The van der Waals surface area contributed by atoms with Crippen LogP contribution in [0.25, 0.3) is 11.1 Å². The van der Waals surface area contributed by atoms with Crippen LogP contribution in [-0.4, -0.2) is 136 Å². The smallest absolute Gasteiger partial charge is 0.315 e. The van der Waals surface area contributed by atoms with E-state index < -0.39 is 0 Å². The van der Waals surface area contributed by atoms with Gasteiger partial charge < -0.3 is 50.0 Å². The van der Waals surface area contributed by atoms with Gasteiger partial charge in [-0.3, -0.25) is 19.4 Å². The molecule has 0 radical (unpaired) electrons. The van der Waals surface area contributed by atoms with Gasteiger partial charge in [-0.25, -0.2) is 4.79 Å². The van der Waals surface area contributed by atoms with E-state index in [2.05, 4.69) is 62.5 Å². The molecule has 7 rings (SSSR count). The molecular formula is C46H61N7O8S. The Morgan fingerprint density at radius 2 is 1.63 bits per heavy atom. The minimum Gasteiger partial charge on any atom is -0.497 e. The van der Waals surface area contributed by atoms with Crippen LogP contribution in [0.15, 0.2) is 67.0 Å². The number of ether oxygens (including phenoxy) is 4. The van der Waals surface area contributed by atoms with Crippen molar-refractivity contribution in [3.05, 3.63) is 78.1 Å². The van der Waals surface area contributed by atoms with Crippen molar-refractivity contribution in [2.75, 3.05) is 84.1 Å². The van der Waals surface area contributed by atoms with Crippen molar-refractivity contribution in [1.82, 2.24) is 31.2 Å². The second kappa shape index (κ2) is 22.5. The van der Waals surface area contributed by atoms with Crippen molar-refractivity contribution in [2.45, 2.75) is 74.4 Å². The maximum atomic E-state index is 13.9. The van der Waals surface area contributed by atoms with Crippen molar-refractivity contribution < 1.29 is 38.1 Å². The highest BCUT2D eigenvalue weighted by Gasteiger charge is 2.48. The number of unbranched alkanes of at least 4 members (excludes halogenated alkanes) is 1. The summed E-state index contributed by atoms with van der Waals surface area (Å²) < 4.78 is 22.4. The predicted octanol–water partition coefficient (Wildman–Crippen LogP) is 4.11. The highest BCUT2D eigenvalue weighted by Crippen LogP contribution is 2.49. The molecule has 4 N–H and O–H groups in total. The number of urea groups is 1. The van der Waals surface area contributed by atoms with E-state index in [-0.39, 0.29) is 66.9 Å². The number of benzene rings is 2. The van der Waals surface area contributed by atoms with Gasteiger partial charge in [0.25, 0.3) is 0 Å². The summed E-state index contributed by atoms with van der Waals surface area (Å²) in [6.07, 6.45) is 8.06. The van der Waals surface area contributed by atoms with E-state index in [0.29, 0.717) is 70.8 Å². The van der Waals surface area contributed by atoms with E-state index in [9.17, 15) is 19.2 Å². The Balaban J connectivity index is 0.778. The summed E-state index contributed by atoms with van der Waals surface area (Å²) >= 11 is 1.89. The molecule has 0 bridgehead atoms. The van der Waals surface area contributed by atoms with Gasteiger partial charge in [0.05, 0.1) is 77.3 Å². The summed E-state index contributed by atoms with van der Waals surface area (Å²) in [7, 11) is 3.75. The van der Waals surface area contributed by atoms with Gasteiger partial charge in [-0.1, -0.05) is 24.6 Å². The van der Waals surface area contributed by atoms with Gasteiger partial charge in [0.1, 0.15) is 5.75 Å². The molecule has 5 amide bonds. The monoisotopic (exact) mass is 871 g/mol. The second-order valence-electron chi connectivity index (χ2n) is 16.3. The first-order valence-electron chi connectivity index (χ1n) is 21.9. The first-order valence-corrected chi connectivity index (χ1v) is 23.0. The number of anilines is 1. The summed E-state index contributed by atoms with van der Waals surface area (Å²) in [5, 5.41) is 12.4. The van der Waals surface area contributed by atoms with Gasteiger partial charge in [-0.05, 0) is 77.9 Å². The van der Waals surface area contributed by atoms with Crippen molar-refractivity contribution in [1.29, 1.82) is 0 Å². The third-order valence-corrected chi connectivity index (χ3v) is 13.9. The number of likely N-dealkylation sites (tertiary alicyclic amines) is 1. The molecule has 3 saturated heterocycles. The van der Waals surface area contributed by atoms with Crippen LogP contribution in [0.4, 0.5) is 10.5 Å². The zero-order chi connectivity index (χ0) is 43.3. The molecule has 3 aromatic rings. The van der Waals surface area contributed by atoms with E-state index in [1.54, 1.807) is 19.5 Å².